The third-order valence-electron chi connectivity index (χ3n) is 2.62. The summed E-state index contributed by atoms with van der Waals surface area (Å²) in [5.41, 5.74) is 0.968. The molecule has 0 unspecified atom stereocenters. The van der Waals surface area contributed by atoms with Crippen LogP contribution in [0.25, 0.3) is 0 Å². The van der Waals surface area contributed by atoms with Gasteiger partial charge in [0.2, 0.25) is 0 Å². The number of hydrogen-bond acceptors (Lipinski definition) is 5. The number of ether oxygens (including phenoxy) is 3. The van der Waals surface area contributed by atoms with Crippen molar-refractivity contribution in [2.75, 3.05) is 35.4 Å². The molecule has 96 valence electrons. The normalized spacial score (nSPS) is 10.5. The minimum atomic E-state index is -0.00949. The van der Waals surface area contributed by atoms with E-state index in [4.69, 9.17) is 14.2 Å². The van der Waals surface area contributed by atoms with Gasteiger partial charge < -0.3 is 24.8 Å². The Kier molecular flexibility index (Phi) is 5.06. The van der Waals surface area contributed by atoms with Crippen LogP contribution in [-0.4, -0.2) is 35.4 Å². The molecule has 0 aromatic heterocycles. The van der Waals surface area contributed by atoms with E-state index in [0.717, 1.165) is 11.3 Å². The van der Waals surface area contributed by atoms with Gasteiger partial charge >= 0.3 is 0 Å². The number of methoxy groups -OCH3 is 3. The third kappa shape index (κ3) is 2.81. The maximum absolute atomic E-state index is 5.36. The number of hydrogen-bond donors (Lipinski definition) is 2. The lowest BCUT2D eigenvalue weighted by molar-refractivity contribution is 0.344. The highest BCUT2D eigenvalue weighted by molar-refractivity contribution is 5.51. The van der Waals surface area contributed by atoms with Crippen molar-refractivity contribution >= 4 is 0 Å². The molecule has 0 saturated carbocycles. The van der Waals surface area contributed by atoms with Crippen LogP contribution in [0.3, 0.4) is 0 Å². The highest BCUT2D eigenvalue weighted by atomic mass is 16.5. The predicted molar refractivity (Wildman–Crippen MR) is 67.0 cm³/mol. The average molecular weight is 240 g/mol. The second kappa shape index (κ2) is 6.32. The second-order valence-corrected chi connectivity index (χ2v) is 3.46. The maximum atomic E-state index is 5.36. The molecular weight excluding hydrogens is 220 g/mol. The van der Waals surface area contributed by atoms with Crippen molar-refractivity contribution in [3.05, 3.63) is 17.7 Å². The standard InChI is InChI=1S/C12H20N2O3/c1-13-12(14-2)8-6-10(16-4)11(17-5)7-9(8)15-3/h6-7,12-14H,1-5H3. The summed E-state index contributed by atoms with van der Waals surface area (Å²) in [7, 11) is 8.59. The zero-order valence-corrected chi connectivity index (χ0v) is 11.0. The first-order valence-corrected chi connectivity index (χ1v) is 5.36. The molecular formula is C12H20N2O3. The van der Waals surface area contributed by atoms with Crippen LogP contribution in [0.5, 0.6) is 17.2 Å². The molecule has 5 nitrogen and oxygen atoms in total. The molecule has 0 aliphatic rings. The average Bonchev–Trinajstić information content (AvgIpc) is 2.39. The Morgan fingerprint density at radius 1 is 0.824 bits per heavy atom. The first-order chi connectivity index (χ1) is 8.21. The van der Waals surface area contributed by atoms with Crippen LogP contribution in [0.1, 0.15) is 11.7 Å². The largest absolute Gasteiger partial charge is 0.496 e. The van der Waals surface area contributed by atoms with Gasteiger partial charge in [-0.2, -0.15) is 0 Å². The number of rotatable bonds is 6. The number of nitrogens with one attached hydrogen (secondary N) is 2. The fourth-order valence-electron chi connectivity index (χ4n) is 1.73. The van der Waals surface area contributed by atoms with Gasteiger partial charge in [-0.25, -0.2) is 0 Å². The topological polar surface area (TPSA) is 51.8 Å². The molecule has 2 N–H and O–H groups in total. The van der Waals surface area contributed by atoms with E-state index in [9.17, 15) is 0 Å². The summed E-state index contributed by atoms with van der Waals surface area (Å²) in [5.74, 6) is 2.08. The summed E-state index contributed by atoms with van der Waals surface area (Å²) in [6.45, 7) is 0. The SMILES string of the molecule is CNC(NC)c1cc(OC)c(OC)cc1OC. The van der Waals surface area contributed by atoms with Gasteiger partial charge in [0.25, 0.3) is 0 Å². The van der Waals surface area contributed by atoms with Crippen molar-refractivity contribution < 1.29 is 14.2 Å². The molecule has 5 heteroatoms. The Labute approximate surface area is 102 Å². The molecule has 1 rings (SSSR count). The van der Waals surface area contributed by atoms with Crippen LogP contribution in [0, 0.1) is 0 Å². The van der Waals surface area contributed by atoms with Gasteiger partial charge in [-0.05, 0) is 20.2 Å². The molecule has 0 aliphatic carbocycles. The smallest absolute Gasteiger partial charge is 0.164 e. The summed E-state index contributed by atoms with van der Waals surface area (Å²) < 4.78 is 15.9. The van der Waals surface area contributed by atoms with Crippen LogP contribution in [0.15, 0.2) is 12.1 Å². The quantitative estimate of drug-likeness (QED) is 0.731. The molecule has 0 aliphatic heterocycles. The lowest BCUT2D eigenvalue weighted by atomic mass is 10.1. The van der Waals surface area contributed by atoms with E-state index in [1.54, 1.807) is 21.3 Å². The van der Waals surface area contributed by atoms with Crippen LogP contribution in [0.2, 0.25) is 0 Å². The fourth-order valence-corrected chi connectivity index (χ4v) is 1.73. The van der Waals surface area contributed by atoms with Crippen LogP contribution in [0.4, 0.5) is 0 Å². The van der Waals surface area contributed by atoms with Crippen molar-refractivity contribution in [3.8, 4) is 17.2 Å². The van der Waals surface area contributed by atoms with Crippen molar-refractivity contribution in [1.82, 2.24) is 10.6 Å². The van der Waals surface area contributed by atoms with Gasteiger partial charge in [0.1, 0.15) is 5.75 Å². The van der Waals surface area contributed by atoms with Gasteiger partial charge in [0.05, 0.1) is 27.5 Å². The summed E-state index contributed by atoms with van der Waals surface area (Å²) in [4.78, 5) is 0. The summed E-state index contributed by atoms with van der Waals surface area (Å²) in [5, 5.41) is 6.29. The van der Waals surface area contributed by atoms with Gasteiger partial charge in [-0.15, -0.1) is 0 Å². The zero-order chi connectivity index (χ0) is 12.8. The highest BCUT2D eigenvalue weighted by Crippen LogP contribution is 2.36. The van der Waals surface area contributed by atoms with E-state index in [1.165, 1.54) is 0 Å². The van der Waals surface area contributed by atoms with Gasteiger partial charge in [0, 0.05) is 11.6 Å². The Bertz CT molecular complexity index is 365. The van der Waals surface area contributed by atoms with E-state index < -0.39 is 0 Å². The molecule has 0 bridgehead atoms. The minimum absolute atomic E-state index is 0.00949. The predicted octanol–water partition coefficient (Wildman–Crippen LogP) is 1.15. The Morgan fingerprint density at radius 2 is 1.29 bits per heavy atom. The number of benzene rings is 1. The summed E-state index contributed by atoms with van der Waals surface area (Å²) >= 11 is 0. The van der Waals surface area contributed by atoms with Crippen LogP contribution < -0.4 is 24.8 Å². The molecule has 0 saturated heterocycles. The molecule has 0 heterocycles. The zero-order valence-electron chi connectivity index (χ0n) is 11.0. The lowest BCUT2D eigenvalue weighted by Crippen LogP contribution is -2.29. The molecule has 0 amide bonds. The summed E-state index contributed by atoms with van der Waals surface area (Å²) in [6.07, 6.45) is -0.00949. The Hall–Kier alpha value is -1.46. The van der Waals surface area contributed by atoms with E-state index in [1.807, 2.05) is 26.2 Å². The van der Waals surface area contributed by atoms with E-state index in [-0.39, 0.29) is 6.17 Å². The molecule has 0 radical (unpaired) electrons. The molecule has 1 aromatic carbocycles. The van der Waals surface area contributed by atoms with Crippen molar-refractivity contribution in [2.45, 2.75) is 6.17 Å². The van der Waals surface area contributed by atoms with Gasteiger partial charge in [0.15, 0.2) is 11.5 Å². The molecule has 17 heavy (non-hydrogen) atoms. The first kappa shape index (κ1) is 13.6. The molecule has 0 atom stereocenters. The molecule has 1 aromatic rings. The Morgan fingerprint density at radius 3 is 1.71 bits per heavy atom. The highest BCUT2D eigenvalue weighted by Gasteiger charge is 2.17. The minimum Gasteiger partial charge on any atom is -0.496 e. The van der Waals surface area contributed by atoms with Crippen LogP contribution >= 0.6 is 0 Å². The van der Waals surface area contributed by atoms with Gasteiger partial charge in [-0.1, -0.05) is 0 Å². The summed E-state index contributed by atoms with van der Waals surface area (Å²) in [6, 6.07) is 3.71. The van der Waals surface area contributed by atoms with E-state index >= 15 is 0 Å². The maximum Gasteiger partial charge on any atom is 0.164 e. The van der Waals surface area contributed by atoms with Crippen LogP contribution in [-0.2, 0) is 0 Å². The fraction of sp³-hybridized carbons (Fsp3) is 0.500. The Balaban J connectivity index is 3.27. The molecule has 0 spiro atoms. The van der Waals surface area contributed by atoms with Gasteiger partial charge in [-0.3, -0.25) is 0 Å². The first-order valence-electron chi connectivity index (χ1n) is 5.36. The van der Waals surface area contributed by atoms with Crippen molar-refractivity contribution in [3.63, 3.8) is 0 Å². The molecule has 0 fully saturated rings. The van der Waals surface area contributed by atoms with Crippen molar-refractivity contribution in [2.24, 2.45) is 0 Å². The van der Waals surface area contributed by atoms with E-state index in [0.29, 0.717) is 11.5 Å². The second-order valence-electron chi connectivity index (χ2n) is 3.46. The monoisotopic (exact) mass is 240 g/mol. The van der Waals surface area contributed by atoms with E-state index in [2.05, 4.69) is 10.6 Å². The third-order valence-corrected chi connectivity index (χ3v) is 2.62. The lowest BCUT2D eigenvalue weighted by Gasteiger charge is -2.20. The van der Waals surface area contributed by atoms with Crippen molar-refractivity contribution in [1.29, 1.82) is 0 Å².